The number of benzene rings is 3. The average Bonchev–Trinajstić information content (AvgIpc) is 4.02. The Morgan fingerprint density at radius 3 is 2.00 bits per heavy atom. The lowest BCUT2D eigenvalue weighted by Crippen LogP contribution is -2.50. The van der Waals surface area contributed by atoms with Crippen molar-refractivity contribution < 1.29 is 24.2 Å². The number of rotatable bonds is 12. The third kappa shape index (κ3) is 8.04. The number of carboxylic acid groups (broad SMARTS) is 1. The maximum Gasteiger partial charge on any atom is 0.407 e. The number of aromatic amines is 2. The summed E-state index contributed by atoms with van der Waals surface area (Å²) in [6.45, 7) is 9.91. The van der Waals surface area contributed by atoms with Crippen LogP contribution in [0.1, 0.15) is 75.4 Å². The SMILES string of the molecule is COC(=O)NC(CN1CCCC1c1ncc(-c2ccc(-c3ccc(-c4cnc(C5c6ccccc6CN5C(=O)C(NC(=O)O)C(C)C)[nH]4)cc3)cc2)[nH]1)C(C)C. The molecule has 0 aliphatic carbocycles. The van der Waals surface area contributed by atoms with E-state index >= 15 is 0 Å². The lowest BCUT2D eigenvalue weighted by molar-refractivity contribution is -0.136. The Bertz CT molecular complexity index is 2160. The number of alkyl carbamates (subject to hydrolysis) is 1. The summed E-state index contributed by atoms with van der Waals surface area (Å²) >= 11 is 0. The summed E-state index contributed by atoms with van der Waals surface area (Å²) in [5.41, 5.74) is 7.90. The average molecular weight is 759 g/mol. The summed E-state index contributed by atoms with van der Waals surface area (Å²) in [6.07, 6.45) is 4.12. The second-order valence-electron chi connectivity index (χ2n) is 15.4. The van der Waals surface area contributed by atoms with Crippen LogP contribution in [0, 0.1) is 11.8 Å². The van der Waals surface area contributed by atoms with Gasteiger partial charge in [0.2, 0.25) is 5.91 Å². The minimum atomic E-state index is -1.23. The zero-order valence-corrected chi connectivity index (χ0v) is 32.5. The van der Waals surface area contributed by atoms with Gasteiger partial charge >= 0.3 is 12.2 Å². The second kappa shape index (κ2) is 16.4. The molecule has 3 amide bonds. The van der Waals surface area contributed by atoms with Crippen LogP contribution in [-0.4, -0.2) is 85.2 Å². The molecule has 4 atom stereocenters. The fraction of sp³-hybridized carbons (Fsp3) is 0.372. The number of likely N-dealkylation sites (tertiary alicyclic amines) is 1. The van der Waals surface area contributed by atoms with Gasteiger partial charge in [-0.25, -0.2) is 19.6 Å². The minimum Gasteiger partial charge on any atom is -0.465 e. The molecular weight excluding hydrogens is 709 g/mol. The van der Waals surface area contributed by atoms with Crippen molar-refractivity contribution in [1.82, 2.24) is 40.4 Å². The molecule has 13 heteroatoms. The predicted octanol–water partition coefficient (Wildman–Crippen LogP) is 7.38. The van der Waals surface area contributed by atoms with E-state index in [0.29, 0.717) is 12.4 Å². The van der Waals surface area contributed by atoms with Crippen LogP contribution >= 0.6 is 0 Å². The summed E-state index contributed by atoms with van der Waals surface area (Å²) in [4.78, 5) is 58.0. The van der Waals surface area contributed by atoms with Crippen LogP contribution in [0.5, 0.6) is 0 Å². The minimum absolute atomic E-state index is 0.0250. The van der Waals surface area contributed by atoms with E-state index in [0.717, 1.165) is 76.5 Å². The Hall–Kier alpha value is -5.95. The molecule has 1 fully saturated rings. The Labute approximate surface area is 326 Å². The number of fused-ring (bicyclic) bond motifs is 1. The summed E-state index contributed by atoms with van der Waals surface area (Å²) in [5, 5.41) is 14.9. The molecule has 56 heavy (non-hydrogen) atoms. The lowest BCUT2D eigenvalue weighted by atomic mass is 10.0. The van der Waals surface area contributed by atoms with Crippen LogP contribution in [-0.2, 0) is 16.1 Å². The summed E-state index contributed by atoms with van der Waals surface area (Å²) in [6, 6.07) is 23.3. The van der Waals surface area contributed by atoms with Gasteiger partial charge in [-0.3, -0.25) is 9.69 Å². The van der Waals surface area contributed by atoms with Crippen molar-refractivity contribution in [1.29, 1.82) is 0 Å². The molecule has 0 saturated carbocycles. The first-order chi connectivity index (χ1) is 27.0. The summed E-state index contributed by atoms with van der Waals surface area (Å²) in [7, 11) is 1.39. The Morgan fingerprint density at radius 1 is 0.821 bits per heavy atom. The quantitative estimate of drug-likeness (QED) is 0.0879. The zero-order chi connectivity index (χ0) is 39.5. The number of amides is 3. The number of hydrogen-bond donors (Lipinski definition) is 5. The molecule has 0 spiro atoms. The second-order valence-corrected chi connectivity index (χ2v) is 15.4. The third-order valence-corrected chi connectivity index (χ3v) is 11.1. The van der Waals surface area contributed by atoms with Crippen molar-refractivity contribution in [2.75, 3.05) is 20.2 Å². The number of hydrogen-bond acceptors (Lipinski definition) is 7. The summed E-state index contributed by atoms with van der Waals surface area (Å²) < 4.78 is 4.86. The Balaban J connectivity index is 1.04. The van der Waals surface area contributed by atoms with Gasteiger partial charge in [0, 0.05) is 19.1 Å². The van der Waals surface area contributed by atoms with Crippen LogP contribution in [0.15, 0.2) is 85.2 Å². The number of H-pyrrole nitrogens is 2. The van der Waals surface area contributed by atoms with Gasteiger partial charge in [-0.2, -0.15) is 0 Å². The van der Waals surface area contributed by atoms with E-state index < -0.39 is 24.3 Å². The van der Waals surface area contributed by atoms with Gasteiger partial charge in [0.15, 0.2) is 0 Å². The van der Waals surface area contributed by atoms with Gasteiger partial charge in [-0.15, -0.1) is 0 Å². The van der Waals surface area contributed by atoms with Gasteiger partial charge in [0.25, 0.3) is 0 Å². The maximum atomic E-state index is 13.8. The van der Waals surface area contributed by atoms with E-state index in [9.17, 15) is 19.5 Å². The topological polar surface area (TPSA) is 169 Å². The van der Waals surface area contributed by atoms with E-state index in [1.165, 1.54) is 7.11 Å². The molecule has 4 unspecified atom stereocenters. The van der Waals surface area contributed by atoms with Crippen LogP contribution in [0.2, 0.25) is 0 Å². The van der Waals surface area contributed by atoms with Gasteiger partial charge in [0.05, 0.1) is 36.9 Å². The number of methoxy groups -OCH3 is 1. The molecule has 13 nitrogen and oxygen atoms in total. The lowest BCUT2D eigenvalue weighted by Gasteiger charge is -2.30. The van der Waals surface area contributed by atoms with Crippen LogP contribution in [0.3, 0.4) is 0 Å². The molecule has 5 N–H and O–H groups in total. The molecule has 7 rings (SSSR count). The number of ether oxygens (including phenoxy) is 1. The van der Waals surface area contributed by atoms with Crippen molar-refractivity contribution >= 4 is 18.1 Å². The molecule has 1 saturated heterocycles. The molecule has 2 aliphatic heterocycles. The van der Waals surface area contributed by atoms with Crippen molar-refractivity contribution in [3.8, 4) is 33.6 Å². The van der Waals surface area contributed by atoms with E-state index in [-0.39, 0.29) is 29.8 Å². The first-order valence-corrected chi connectivity index (χ1v) is 19.3. The normalized spacial score (nSPS) is 17.9. The van der Waals surface area contributed by atoms with Crippen molar-refractivity contribution in [2.24, 2.45) is 11.8 Å². The summed E-state index contributed by atoms with van der Waals surface area (Å²) in [5.74, 6) is 1.30. The van der Waals surface area contributed by atoms with Gasteiger partial charge in [0.1, 0.15) is 23.7 Å². The monoisotopic (exact) mass is 758 g/mol. The van der Waals surface area contributed by atoms with Crippen LogP contribution < -0.4 is 10.6 Å². The molecule has 4 heterocycles. The number of aromatic nitrogens is 4. The highest BCUT2D eigenvalue weighted by Crippen LogP contribution is 2.39. The molecule has 0 radical (unpaired) electrons. The molecule has 0 bridgehead atoms. The molecular formula is C43H50N8O5. The molecule has 5 aromatic rings. The zero-order valence-electron chi connectivity index (χ0n) is 32.5. The standard InChI is InChI=1S/C43H50N8O5/c1-25(2)35(48-43(55)56-5)24-50-20-8-11-36(50)39-44-21-33(46-39)29-16-12-27(13-17-29)28-14-18-30(19-15-28)34-22-45-40(47-34)38-32-10-7-6-9-31(32)23-51(38)41(52)37(26(3)4)49-42(53)54/h6-7,9-10,12-19,21-22,25-26,35-38,49H,8,11,20,23-24H2,1-5H3,(H,44,46)(H,45,47)(H,48,55)(H,53,54). The predicted molar refractivity (Wildman–Crippen MR) is 213 cm³/mol. The first kappa shape index (κ1) is 38.3. The molecule has 3 aromatic carbocycles. The maximum absolute atomic E-state index is 13.8. The highest BCUT2D eigenvalue weighted by atomic mass is 16.5. The number of nitrogens with zero attached hydrogens (tertiary/aromatic N) is 4. The van der Waals surface area contributed by atoms with Gasteiger partial charge in [-0.1, -0.05) is 100 Å². The van der Waals surface area contributed by atoms with E-state index in [1.54, 1.807) is 11.1 Å². The van der Waals surface area contributed by atoms with E-state index in [2.05, 4.69) is 87.9 Å². The van der Waals surface area contributed by atoms with Gasteiger partial charge in [-0.05, 0) is 64.6 Å². The Morgan fingerprint density at radius 2 is 1.41 bits per heavy atom. The molecule has 2 aliphatic rings. The third-order valence-electron chi connectivity index (χ3n) is 11.1. The van der Waals surface area contributed by atoms with Crippen molar-refractivity contribution in [3.05, 3.63) is 108 Å². The molecule has 2 aromatic heterocycles. The highest BCUT2D eigenvalue weighted by molar-refractivity contribution is 5.87. The largest absolute Gasteiger partial charge is 0.465 e. The van der Waals surface area contributed by atoms with E-state index in [1.807, 2.05) is 44.3 Å². The highest BCUT2D eigenvalue weighted by Gasteiger charge is 2.40. The fourth-order valence-corrected chi connectivity index (χ4v) is 7.91. The smallest absolute Gasteiger partial charge is 0.407 e. The van der Waals surface area contributed by atoms with Gasteiger partial charge < -0.3 is 35.3 Å². The van der Waals surface area contributed by atoms with Crippen LogP contribution in [0.4, 0.5) is 9.59 Å². The first-order valence-electron chi connectivity index (χ1n) is 19.3. The van der Waals surface area contributed by atoms with Crippen LogP contribution in [0.25, 0.3) is 33.6 Å². The Kier molecular flexibility index (Phi) is 11.2. The van der Waals surface area contributed by atoms with E-state index in [4.69, 9.17) is 14.7 Å². The fourth-order valence-electron chi connectivity index (χ4n) is 7.91. The van der Waals surface area contributed by atoms with Crippen molar-refractivity contribution in [2.45, 2.75) is 71.2 Å². The number of carbonyl (C=O) groups excluding carboxylic acids is 2. The number of nitrogens with one attached hydrogen (secondary N) is 4. The number of carbonyl (C=O) groups is 3. The number of imidazole rings is 2. The molecule has 292 valence electrons. The van der Waals surface area contributed by atoms with Crippen molar-refractivity contribution in [3.63, 3.8) is 0 Å².